The number of rotatable bonds is 3. The Morgan fingerprint density at radius 1 is 1.07 bits per heavy atom. The first kappa shape index (κ1) is 18.4. The number of hydrogen-bond donors (Lipinski definition) is 0. The van der Waals surface area contributed by atoms with Crippen LogP contribution in [0.2, 0.25) is 0 Å². The van der Waals surface area contributed by atoms with Crippen molar-refractivity contribution >= 4 is 29.3 Å². The summed E-state index contributed by atoms with van der Waals surface area (Å²) in [6.07, 6.45) is 4.55. The highest BCUT2D eigenvalue weighted by Crippen LogP contribution is 2.50. The van der Waals surface area contributed by atoms with Crippen molar-refractivity contribution in [2.24, 2.45) is 0 Å². The standard InChI is InChI=1S/C24H20N2O4/c1-2-25-21-12-6-4-10-19(21)24(23(25)28)26(20-11-5-3-8-17(20)16-30-24)22(27)14-13-18-9-7-15-29-18/h3-15H,2,16H2,1H3/b14-13+/t24-/m1/s1. The Kier molecular flexibility index (Phi) is 4.29. The van der Waals surface area contributed by atoms with Crippen molar-refractivity contribution in [1.82, 2.24) is 0 Å². The zero-order chi connectivity index (χ0) is 20.7. The molecule has 0 unspecified atom stereocenters. The van der Waals surface area contributed by atoms with E-state index in [1.165, 1.54) is 11.0 Å². The van der Waals surface area contributed by atoms with E-state index < -0.39 is 5.72 Å². The van der Waals surface area contributed by atoms with Gasteiger partial charge in [0.2, 0.25) is 0 Å². The zero-order valence-corrected chi connectivity index (χ0v) is 16.4. The fourth-order valence-corrected chi connectivity index (χ4v) is 4.23. The summed E-state index contributed by atoms with van der Waals surface area (Å²) in [4.78, 5) is 30.3. The topological polar surface area (TPSA) is 63.0 Å². The number of fused-ring (bicyclic) bond motifs is 3. The van der Waals surface area contributed by atoms with Gasteiger partial charge in [0.15, 0.2) is 0 Å². The summed E-state index contributed by atoms with van der Waals surface area (Å²) in [5.41, 5.74) is 1.41. The van der Waals surface area contributed by atoms with Gasteiger partial charge in [-0.15, -0.1) is 0 Å². The minimum Gasteiger partial charge on any atom is -0.465 e. The first-order valence-electron chi connectivity index (χ1n) is 9.86. The van der Waals surface area contributed by atoms with Crippen molar-refractivity contribution in [3.63, 3.8) is 0 Å². The summed E-state index contributed by atoms with van der Waals surface area (Å²) in [5.74, 6) is -0.0722. The molecule has 2 aromatic carbocycles. The van der Waals surface area contributed by atoms with Gasteiger partial charge >= 0.3 is 0 Å². The van der Waals surface area contributed by atoms with Crippen molar-refractivity contribution in [3.05, 3.63) is 89.9 Å². The zero-order valence-electron chi connectivity index (χ0n) is 16.4. The molecule has 5 rings (SSSR count). The quantitative estimate of drug-likeness (QED) is 0.622. The molecule has 0 saturated carbocycles. The second kappa shape index (κ2) is 7.00. The molecule has 0 saturated heterocycles. The average Bonchev–Trinajstić information content (AvgIpc) is 3.38. The summed E-state index contributed by atoms with van der Waals surface area (Å²) < 4.78 is 11.6. The van der Waals surface area contributed by atoms with Crippen LogP contribution in [0.15, 0.2) is 77.4 Å². The largest absolute Gasteiger partial charge is 0.465 e. The van der Waals surface area contributed by atoms with Gasteiger partial charge in [-0.05, 0) is 37.3 Å². The van der Waals surface area contributed by atoms with E-state index in [2.05, 4.69) is 0 Å². The first-order chi connectivity index (χ1) is 14.7. The van der Waals surface area contributed by atoms with Crippen molar-refractivity contribution in [2.45, 2.75) is 19.3 Å². The Bertz CT molecular complexity index is 1150. The third-order valence-corrected chi connectivity index (χ3v) is 5.55. The smallest absolute Gasteiger partial charge is 0.286 e. The van der Waals surface area contributed by atoms with Gasteiger partial charge in [-0.2, -0.15) is 0 Å². The van der Waals surface area contributed by atoms with Gasteiger partial charge < -0.3 is 14.1 Å². The number of para-hydroxylation sites is 2. The van der Waals surface area contributed by atoms with Gasteiger partial charge in [0, 0.05) is 23.7 Å². The Labute approximate surface area is 174 Å². The molecule has 1 atom stereocenters. The lowest BCUT2D eigenvalue weighted by Gasteiger charge is -2.43. The Morgan fingerprint density at radius 2 is 1.83 bits per heavy atom. The second-order valence-corrected chi connectivity index (χ2v) is 7.15. The molecule has 3 heterocycles. The molecule has 2 aliphatic rings. The molecule has 1 aromatic heterocycles. The third-order valence-electron chi connectivity index (χ3n) is 5.55. The van der Waals surface area contributed by atoms with E-state index in [9.17, 15) is 9.59 Å². The van der Waals surface area contributed by atoms with Crippen LogP contribution in [0.3, 0.4) is 0 Å². The molecule has 0 bridgehead atoms. The maximum Gasteiger partial charge on any atom is 0.286 e. The van der Waals surface area contributed by atoms with Crippen LogP contribution in [-0.2, 0) is 26.7 Å². The minimum absolute atomic E-state index is 0.236. The molecule has 0 radical (unpaired) electrons. The lowest BCUT2D eigenvalue weighted by atomic mass is 9.97. The van der Waals surface area contributed by atoms with Gasteiger partial charge in [-0.3, -0.25) is 14.5 Å². The number of nitrogens with zero attached hydrogens (tertiary/aromatic N) is 2. The molecule has 2 amide bonds. The van der Waals surface area contributed by atoms with Crippen LogP contribution in [0.25, 0.3) is 6.08 Å². The molecule has 0 N–H and O–H groups in total. The van der Waals surface area contributed by atoms with Crippen molar-refractivity contribution < 1.29 is 18.7 Å². The van der Waals surface area contributed by atoms with E-state index in [0.29, 0.717) is 23.6 Å². The molecule has 0 aliphatic carbocycles. The van der Waals surface area contributed by atoms with Crippen molar-refractivity contribution in [3.8, 4) is 0 Å². The minimum atomic E-state index is -1.54. The van der Waals surface area contributed by atoms with Crippen molar-refractivity contribution in [1.29, 1.82) is 0 Å². The fraction of sp³-hybridized carbons (Fsp3) is 0.167. The van der Waals surface area contributed by atoms with Crippen LogP contribution < -0.4 is 9.80 Å². The molecule has 30 heavy (non-hydrogen) atoms. The molecular formula is C24H20N2O4. The SMILES string of the molecule is CCN1C(=O)[C@]2(OCc3ccccc3N2C(=O)/C=C/c2ccco2)c2ccccc21. The lowest BCUT2D eigenvalue weighted by molar-refractivity contribution is -0.151. The van der Waals surface area contributed by atoms with E-state index in [1.807, 2.05) is 55.5 Å². The maximum absolute atomic E-state index is 13.7. The molecular weight excluding hydrogens is 380 g/mol. The number of carbonyl (C=O) groups excluding carboxylic acids is 2. The average molecular weight is 400 g/mol. The number of hydrogen-bond acceptors (Lipinski definition) is 4. The van der Waals surface area contributed by atoms with Gasteiger partial charge in [0.05, 0.1) is 24.2 Å². The monoisotopic (exact) mass is 400 g/mol. The summed E-state index contributed by atoms with van der Waals surface area (Å²) in [5, 5.41) is 0. The maximum atomic E-state index is 13.7. The summed E-state index contributed by atoms with van der Waals surface area (Å²) in [6, 6.07) is 18.5. The Balaban J connectivity index is 1.69. The van der Waals surface area contributed by atoms with Crippen LogP contribution in [0.5, 0.6) is 0 Å². The number of benzene rings is 2. The van der Waals surface area contributed by atoms with Gasteiger partial charge in [-0.1, -0.05) is 36.4 Å². The molecule has 6 heteroatoms. The molecule has 3 aromatic rings. The van der Waals surface area contributed by atoms with Gasteiger partial charge in [0.25, 0.3) is 17.5 Å². The highest BCUT2D eigenvalue weighted by Gasteiger charge is 2.59. The molecule has 150 valence electrons. The highest BCUT2D eigenvalue weighted by atomic mass is 16.5. The number of likely N-dealkylation sites (N-methyl/N-ethyl adjacent to an activating group) is 1. The molecule has 2 aliphatic heterocycles. The third kappa shape index (κ3) is 2.54. The lowest BCUT2D eigenvalue weighted by Crippen LogP contribution is -2.59. The van der Waals surface area contributed by atoms with E-state index in [1.54, 1.807) is 29.4 Å². The summed E-state index contributed by atoms with van der Waals surface area (Å²) in [6.45, 7) is 2.62. The Morgan fingerprint density at radius 3 is 2.60 bits per heavy atom. The molecule has 6 nitrogen and oxygen atoms in total. The number of furan rings is 1. The number of carbonyl (C=O) groups is 2. The van der Waals surface area contributed by atoms with E-state index in [4.69, 9.17) is 9.15 Å². The molecule has 0 fully saturated rings. The van der Waals surface area contributed by atoms with Crippen LogP contribution in [0.4, 0.5) is 11.4 Å². The molecule has 1 spiro atoms. The number of amides is 2. The summed E-state index contributed by atoms with van der Waals surface area (Å²) >= 11 is 0. The normalized spacial score (nSPS) is 20.1. The number of ether oxygens (including phenoxy) is 1. The highest BCUT2D eigenvalue weighted by molar-refractivity contribution is 6.16. The van der Waals surface area contributed by atoms with Crippen LogP contribution in [-0.4, -0.2) is 18.4 Å². The first-order valence-corrected chi connectivity index (χ1v) is 9.86. The van der Waals surface area contributed by atoms with Crippen LogP contribution in [0, 0.1) is 0 Å². The van der Waals surface area contributed by atoms with Crippen LogP contribution in [0.1, 0.15) is 23.8 Å². The predicted octanol–water partition coefficient (Wildman–Crippen LogP) is 4.08. The second-order valence-electron chi connectivity index (χ2n) is 7.15. The van der Waals surface area contributed by atoms with Gasteiger partial charge in [-0.25, -0.2) is 0 Å². The Hall–Kier alpha value is -3.64. The van der Waals surface area contributed by atoms with E-state index in [0.717, 1.165) is 11.3 Å². The van der Waals surface area contributed by atoms with Gasteiger partial charge in [0.1, 0.15) is 5.76 Å². The van der Waals surface area contributed by atoms with Crippen LogP contribution >= 0.6 is 0 Å². The fourth-order valence-electron chi connectivity index (χ4n) is 4.23. The number of anilines is 2. The van der Waals surface area contributed by atoms with Crippen molar-refractivity contribution in [2.75, 3.05) is 16.3 Å². The summed E-state index contributed by atoms with van der Waals surface area (Å²) in [7, 11) is 0. The predicted molar refractivity (Wildman–Crippen MR) is 113 cm³/mol. The van der Waals surface area contributed by atoms with E-state index >= 15 is 0 Å². The van der Waals surface area contributed by atoms with E-state index in [-0.39, 0.29) is 18.4 Å².